The van der Waals surface area contributed by atoms with Crippen LogP contribution in [-0.2, 0) is 9.59 Å². The summed E-state index contributed by atoms with van der Waals surface area (Å²) >= 11 is 0. The highest BCUT2D eigenvalue weighted by Crippen LogP contribution is 2.44. The van der Waals surface area contributed by atoms with E-state index in [2.05, 4.69) is 0 Å². The van der Waals surface area contributed by atoms with Gasteiger partial charge in [-0.1, -0.05) is 30.3 Å². The molecule has 2 aliphatic rings. The lowest BCUT2D eigenvalue weighted by Crippen LogP contribution is -2.40. The Morgan fingerprint density at radius 1 is 1.07 bits per heavy atom. The molecule has 0 radical (unpaired) electrons. The molecule has 1 atom stereocenters. The number of hydrogen-bond acceptors (Lipinski definition) is 4. The zero-order valence-electron chi connectivity index (χ0n) is 15.6. The van der Waals surface area contributed by atoms with Gasteiger partial charge in [0.1, 0.15) is 0 Å². The van der Waals surface area contributed by atoms with Crippen LogP contribution in [0.25, 0.3) is 0 Å². The van der Waals surface area contributed by atoms with Crippen LogP contribution in [0.1, 0.15) is 42.7 Å². The summed E-state index contributed by atoms with van der Waals surface area (Å²) in [5.41, 5.74) is 3.81. The molecule has 0 saturated heterocycles. The topological polar surface area (TPSA) is 80.5 Å². The second-order valence-electron chi connectivity index (χ2n) is 7.26. The molecule has 0 aromatic heterocycles. The van der Waals surface area contributed by atoms with Crippen LogP contribution < -0.4 is 4.90 Å². The molecule has 0 fully saturated rings. The first-order valence-corrected chi connectivity index (χ1v) is 9.36. The number of anilines is 1. The van der Waals surface area contributed by atoms with Crippen molar-refractivity contribution >= 4 is 23.1 Å². The van der Waals surface area contributed by atoms with Crippen molar-refractivity contribution in [3.8, 4) is 0 Å². The molecule has 0 N–H and O–H groups in total. The number of nitro benzene ring substituents is 1. The van der Waals surface area contributed by atoms with Gasteiger partial charge in [-0.15, -0.1) is 0 Å². The predicted molar refractivity (Wildman–Crippen MR) is 105 cm³/mol. The summed E-state index contributed by atoms with van der Waals surface area (Å²) in [5.74, 6) is -0.328. The van der Waals surface area contributed by atoms with E-state index in [1.54, 1.807) is 12.1 Å². The van der Waals surface area contributed by atoms with Gasteiger partial charge in [-0.3, -0.25) is 24.6 Å². The molecule has 6 heteroatoms. The summed E-state index contributed by atoms with van der Waals surface area (Å²) < 4.78 is 0. The first kappa shape index (κ1) is 18.1. The Bertz CT molecular complexity index is 1020. The monoisotopic (exact) mass is 376 g/mol. The SMILES string of the molecule is Cc1ccccc1C1CC(=O)N(c2cccc([N+](=O)[O-])c2)C2=C1C(=O)CCC2. The fraction of sp³-hybridized carbons (Fsp3) is 0.273. The van der Waals surface area contributed by atoms with Crippen LogP contribution in [0.2, 0.25) is 0 Å². The van der Waals surface area contributed by atoms with Gasteiger partial charge in [0.2, 0.25) is 5.91 Å². The van der Waals surface area contributed by atoms with Crippen LogP contribution >= 0.6 is 0 Å². The number of nitro groups is 1. The molecule has 1 aliphatic carbocycles. The third-order valence-corrected chi connectivity index (χ3v) is 5.54. The number of hydrogen-bond donors (Lipinski definition) is 0. The predicted octanol–water partition coefficient (Wildman–Crippen LogP) is 4.43. The Morgan fingerprint density at radius 3 is 2.61 bits per heavy atom. The molecule has 1 aliphatic heterocycles. The minimum absolute atomic E-state index is 0.0671. The average molecular weight is 376 g/mol. The molecule has 0 bridgehead atoms. The lowest BCUT2D eigenvalue weighted by molar-refractivity contribution is -0.384. The van der Waals surface area contributed by atoms with Crippen molar-refractivity contribution in [2.24, 2.45) is 0 Å². The van der Waals surface area contributed by atoms with Crippen molar-refractivity contribution in [1.29, 1.82) is 0 Å². The fourth-order valence-electron chi connectivity index (χ4n) is 4.28. The number of carbonyl (C=O) groups is 2. The van der Waals surface area contributed by atoms with Gasteiger partial charge in [0, 0.05) is 42.2 Å². The molecule has 1 heterocycles. The van der Waals surface area contributed by atoms with E-state index >= 15 is 0 Å². The Hall–Kier alpha value is -3.28. The number of aryl methyl sites for hydroxylation is 1. The van der Waals surface area contributed by atoms with E-state index in [1.807, 2.05) is 31.2 Å². The molecule has 1 amide bonds. The molecule has 4 rings (SSSR count). The van der Waals surface area contributed by atoms with Gasteiger partial charge < -0.3 is 0 Å². The van der Waals surface area contributed by atoms with E-state index < -0.39 is 4.92 Å². The average Bonchev–Trinajstić information content (AvgIpc) is 2.68. The molecule has 6 nitrogen and oxygen atoms in total. The second kappa shape index (κ2) is 7.03. The number of ketones is 1. The number of non-ortho nitro benzene ring substituents is 1. The Kier molecular flexibility index (Phi) is 4.55. The lowest BCUT2D eigenvalue weighted by Gasteiger charge is -2.38. The van der Waals surface area contributed by atoms with Gasteiger partial charge in [0.15, 0.2) is 5.78 Å². The van der Waals surface area contributed by atoms with Crippen molar-refractivity contribution < 1.29 is 14.5 Å². The maximum atomic E-state index is 13.1. The molecular weight excluding hydrogens is 356 g/mol. The summed E-state index contributed by atoms with van der Waals surface area (Å²) in [5, 5.41) is 11.2. The number of allylic oxidation sites excluding steroid dienone is 2. The Balaban J connectivity index is 1.88. The summed E-state index contributed by atoms with van der Waals surface area (Å²) in [6.45, 7) is 1.99. The highest BCUT2D eigenvalue weighted by Gasteiger charge is 2.40. The van der Waals surface area contributed by atoms with Crippen molar-refractivity contribution in [2.75, 3.05) is 4.90 Å². The molecule has 1 unspecified atom stereocenters. The molecule has 2 aromatic carbocycles. The van der Waals surface area contributed by atoms with Crippen LogP contribution in [0, 0.1) is 17.0 Å². The van der Waals surface area contributed by atoms with E-state index in [4.69, 9.17) is 0 Å². The quantitative estimate of drug-likeness (QED) is 0.586. The van der Waals surface area contributed by atoms with E-state index in [-0.39, 0.29) is 29.7 Å². The third kappa shape index (κ3) is 3.01. The van der Waals surface area contributed by atoms with Crippen LogP contribution in [0.15, 0.2) is 59.8 Å². The van der Waals surface area contributed by atoms with Gasteiger partial charge in [0.05, 0.1) is 10.6 Å². The lowest BCUT2D eigenvalue weighted by atomic mass is 9.76. The fourth-order valence-corrected chi connectivity index (χ4v) is 4.28. The van der Waals surface area contributed by atoms with E-state index in [0.29, 0.717) is 36.2 Å². The van der Waals surface area contributed by atoms with E-state index in [0.717, 1.165) is 11.1 Å². The summed E-state index contributed by atoms with van der Waals surface area (Å²) in [7, 11) is 0. The first-order valence-electron chi connectivity index (χ1n) is 9.36. The van der Waals surface area contributed by atoms with Crippen LogP contribution in [0.5, 0.6) is 0 Å². The first-order chi connectivity index (χ1) is 13.5. The number of benzene rings is 2. The third-order valence-electron chi connectivity index (χ3n) is 5.54. The molecule has 142 valence electrons. The van der Waals surface area contributed by atoms with Crippen LogP contribution in [0.3, 0.4) is 0 Å². The summed E-state index contributed by atoms with van der Waals surface area (Å²) in [6, 6.07) is 13.9. The summed E-state index contributed by atoms with van der Waals surface area (Å²) in [6.07, 6.45) is 1.94. The van der Waals surface area contributed by atoms with Crippen molar-refractivity contribution in [2.45, 2.75) is 38.5 Å². The maximum Gasteiger partial charge on any atom is 0.271 e. The van der Waals surface area contributed by atoms with Gasteiger partial charge in [-0.2, -0.15) is 0 Å². The number of carbonyl (C=O) groups excluding carboxylic acids is 2. The highest BCUT2D eigenvalue weighted by molar-refractivity contribution is 6.07. The molecular formula is C22H20N2O4. The minimum Gasteiger partial charge on any atom is -0.294 e. The molecule has 0 spiro atoms. The van der Waals surface area contributed by atoms with Gasteiger partial charge >= 0.3 is 0 Å². The number of rotatable bonds is 3. The molecule has 0 saturated carbocycles. The zero-order valence-corrected chi connectivity index (χ0v) is 15.6. The van der Waals surface area contributed by atoms with Crippen molar-refractivity contribution in [1.82, 2.24) is 0 Å². The van der Waals surface area contributed by atoms with Crippen molar-refractivity contribution in [3.05, 3.63) is 81.0 Å². The minimum atomic E-state index is -0.477. The van der Waals surface area contributed by atoms with Gasteiger partial charge in [0.25, 0.3) is 5.69 Å². The second-order valence-corrected chi connectivity index (χ2v) is 7.26. The smallest absolute Gasteiger partial charge is 0.271 e. The maximum absolute atomic E-state index is 13.1. The standard InChI is InChI=1S/C22H20N2O4/c1-14-6-2-3-9-17(14)18-13-21(26)23(19-10-5-11-20(25)22(18)19)15-7-4-8-16(12-15)24(27)28/h2-4,6-9,12,18H,5,10-11,13H2,1H3. The van der Waals surface area contributed by atoms with Gasteiger partial charge in [-0.05, 0) is 37.0 Å². The molecule has 28 heavy (non-hydrogen) atoms. The van der Waals surface area contributed by atoms with Crippen molar-refractivity contribution in [3.63, 3.8) is 0 Å². The number of nitrogens with zero attached hydrogens (tertiary/aromatic N) is 2. The molecule has 2 aromatic rings. The normalized spacial score (nSPS) is 19.6. The largest absolute Gasteiger partial charge is 0.294 e. The number of amides is 1. The van der Waals surface area contributed by atoms with E-state index in [9.17, 15) is 19.7 Å². The Morgan fingerprint density at radius 2 is 1.86 bits per heavy atom. The number of Topliss-reactive ketones (excluding diaryl/α,β-unsaturated/α-hetero) is 1. The summed E-state index contributed by atoms with van der Waals surface area (Å²) in [4.78, 5) is 38.2. The van der Waals surface area contributed by atoms with Crippen LogP contribution in [-0.4, -0.2) is 16.6 Å². The van der Waals surface area contributed by atoms with Crippen LogP contribution in [0.4, 0.5) is 11.4 Å². The van der Waals surface area contributed by atoms with Gasteiger partial charge in [-0.25, -0.2) is 0 Å². The zero-order chi connectivity index (χ0) is 19.8. The van der Waals surface area contributed by atoms with E-state index in [1.165, 1.54) is 17.0 Å². The Labute approximate surface area is 162 Å². The highest BCUT2D eigenvalue weighted by atomic mass is 16.6.